The Morgan fingerprint density at radius 3 is 2.53 bits per heavy atom. The van der Waals surface area contributed by atoms with E-state index in [-0.39, 0.29) is 17.4 Å². The van der Waals surface area contributed by atoms with Crippen LogP contribution in [-0.2, 0) is 0 Å². The Hall–Kier alpha value is -4.47. The fraction of sp³-hybridized carbons (Fsp3) is 0.136. The third-order valence-corrected chi connectivity index (χ3v) is 4.99. The largest absolute Gasteiger partial charge is 0.478 e. The number of nitrogens with zero attached hydrogens (tertiary/aromatic N) is 4. The summed E-state index contributed by atoms with van der Waals surface area (Å²) in [5, 5.41) is 21.1. The van der Waals surface area contributed by atoms with E-state index in [1.165, 1.54) is 18.5 Å². The molecular formula is C22H19N5O5. The molecule has 0 bridgehead atoms. The Balaban J connectivity index is 1.70. The van der Waals surface area contributed by atoms with Crippen molar-refractivity contribution in [2.45, 2.75) is 19.9 Å². The van der Waals surface area contributed by atoms with Crippen molar-refractivity contribution >= 4 is 28.5 Å². The Labute approximate surface area is 182 Å². The highest BCUT2D eigenvalue weighted by molar-refractivity contribution is 6.00. The van der Waals surface area contributed by atoms with Gasteiger partial charge in [-0.05, 0) is 43.7 Å². The van der Waals surface area contributed by atoms with Gasteiger partial charge in [-0.15, -0.1) is 0 Å². The van der Waals surface area contributed by atoms with E-state index in [0.717, 1.165) is 28.2 Å². The maximum absolute atomic E-state index is 11.3. The molecule has 0 spiro atoms. The second kappa shape index (κ2) is 7.99. The second-order valence-electron chi connectivity index (χ2n) is 7.37. The fourth-order valence-corrected chi connectivity index (χ4v) is 3.43. The minimum absolute atomic E-state index is 0.0539. The molecule has 4 aromatic rings. The molecule has 0 aliphatic rings. The highest BCUT2D eigenvalue weighted by Crippen LogP contribution is 2.36. The van der Waals surface area contributed by atoms with E-state index in [2.05, 4.69) is 9.97 Å². The number of nitrogens with two attached hydrogens (primary N) is 1. The van der Waals surface area contributed by atoms with E-state index in [4.69, 9.17) is 15.6 Å². The normalized spacial score (nSPS) is 11.1. The number of carboxylic acids is 1. The number of hydrogen-bond donors (Lipinski definition) is 2. The average molecular weight is 433 g/mol. The minimum Gasteiger partial charge on any atom is -0.478 e. The van der Waals surface area contributed by atoms with E-state index in [1.807, 2.05) is 24.6 Å². The van der Waals surface area contributed by atoms with E-state index >= 15 is 0 Å². The molecule has 0 aliphatic carbocycles. The summed E-state index contributed by atoms with van der Waals surface area (Å²) in [7, 11) is 0. The second-order valence-corrected chi connectivity index (χ2v) is 7.37. The first-order chi connectivity index (χ1) is 15.3. The van der Waals surface area contributed by atoms with Crippen LogP contribution < -0.4 is 10.5 Å². The SMILES string of the molecule is CC(C)n1cc(-c2ccc(Oc3ccc(C(=O)O)cc3[N+](=O)[O-])cc2)c2c(N)ncnc21. The number of benzene rings is 2. The summed E-state index contributed by atoms with van der Waals surface area (Å²) >= 11 is 0. The van der Waals surface area contributed by atoms with Crippen LogP contribution in [-0.4, -0.2) is 30.5 Å². The van der Waals surface area contributed by atoms with Crippen LogP contribution in [0.4, 0.5) is 11.5 Å². The number of rotatable bonds is 6. The van der Waals surface area contributed by atoms with Crippen LogP contribution in [0.5, 0.6) is 11.5 Å². The first kappa shape index (κ1) is 20.8. The van der Waals surface area contributed by atoms with Gasteiger partial charge in [0, 0.05) is 23.9 Å². The summed E-state index contributed by atoms with van der Waals surface area (Å²) in [4.78, 5) is 30.2. The van der Waals surface area contributed by atoms with Crippen LogP contribution in [0.1, 0.15) is 30.2 Å². The molecule has 2 aromatic heterocycles. The van der Waals surface area contributed by atoms with E-state index in [1.54, 1.807) is 24.3 Å². The lowest BCUT2D eigenvalue weighted by atomic mass is 10.1. The third-order valence-electron chi connectivity index (χ3n) is 4.99. The van der Waals surface area contributed by atoms with Gasteiger partial charge < -0.3 is 20.1 Å². The standard InChI is InChI=1S/C22H19N5O5/c1-12(2)26-10-16(19-20(23)24-11-25-21(19)26)13-3-6-15(7-4-13)32-18-8-5-14(22(28)29)9-17(18)27(30)31/h3-12H,1-2H3,(H,28,29)(H2,23,24,25). The number of carboxylic acid groups (broad SMARTS) is 1. The summed E-state index contributed by atoms with van der Waals surface area (Å²) < 4.78 is 7.68. The summed E-state index contributed by atoms with van der Waals surface area (Å²) in [6, 6.07) is 10.6. The quantitative estimate of drug-likeness (QED) is 0.330. The van der Waals surface area contributed by atoms with Crippen LogP contribution >= 0.6 is 0 Å². The van der Waals surface area contributed by atoms with Gasteiger partial charge in [0.2, 0.25) is 5.75 Å². The van der Waals surface area contributed by atoms with Gasteiger partial charge in [0.25, 0.3) is 0 Å². The number of nitro groups is 1. The van der Waals surface area contributed by atoms with Crippen LogP contribution in [0.15, 0.2) is 55.0 Å². The molecule has 0 radical (unpaired) electrons. The van der Waals surface area contributed by atoms with Crippen LogP contribution in [0.25, 0.3) is 22.2 Å². The molecule has 0 amide bonds. The fourth-order valence-electron chi connectivity index (χ4n) is 3.43. The summed E-state index contributed by atoms with van der Waals surface area (Å²) in [6.07, 6.45) is 3.39. The first-order valence-corrected chi connectivity index (χ1v) is 9.67. The predicted molar refractivity (Wildman–Crippen MR) is 118 cm³/mol. The van der Waals surface area contributed by atoms with Crippen molar-refractivity contribution in [3.63, 3.8) is 0 Å². The van der Waals surface area contributed by atoms with E-state index in [0.29, 0.717) is 11.6 Å². The van der Waals surface area contributed by atoms with Gasteiger partial charge in [-0.2, -0.15) is 0 Å². The molecular weight excluding hydrogens is 414 g/mol. The minimum atomic E-state index is -1.26. The maximum atomic E-state index is 11.3. The molecule has 3 N–H and O–H groups in total. The molecule has 2 heterocycles. The zero-order valence-electron chi connectivity index (χ0n) is 17.2. The Morgan fingerprint density at radius 2 is 1.91 bits per heavy atom. The Bertz CT molecular complexity index is 1350. The van der Waals surface area contributed by atoms with Crippen molar-refractivity contribution in [3.05, 3.63) is 70.7 Å². The molecule has 0 unspecified atom stereocenters. The molecule has 2 aromatic carbocycles. The predicted octanol–water partition coefficient (Wildman–Crippen LogP) is 4.66. The lowest BCUT2D eigenvalue weighted by molar-refractivity contribution is -0.385. The summed E-state index contributed by atoms with van der Waals surface area (Å²) in [5.41, 5.74) is 7.93. The lowest BCUT2D eigenvalue weighted by Gasteiger charge is -2.08. The number of fused-ring (bicyclic) bond motifs is 1. The van der Waals surface area contributed by atoms with Gasteiger partial charge in [0.15, 0.2) is 0 Å². The number of ether oxygens (including phenoxy) is 1. The Kier molecular flexibility index (Phi) is 5.19. The van der Waals surface area contributed by atoms with Crippen molar-refractivity contribution in [3.8, 4) is 22.6 Å². The molecule has 10 nitrogen and oxygen atoms in total. The summed E-state index contributed by atoms with van der Waals surface area (Å²) in [5.74, 6) is -0.578. The van der Waals surface area contributed by atoms with Crippen molar-refractivity contribution < 1.29 is 19.6 Å². The first-order valence-electron chi connectivity index (χ1n) is 9.67. The highest BCUT2D eigenvalue weighted by Gasteiger charge is 2.20. The molecule has 0 saturated carbocycles. The third kappa shape index (κ3) is 3.69. The molecule has 10 heteroatoms. The molecule has 0 saturated heterocycles. The number of aromatic nitrogens is 3. The number of anilines is 1. The number of carbonyl (C=O) groups is 1. The molecule has 0 aliphatic heterocycles. The molecule has 162 valence electrons. The van der Waals surface area contributed by atoms with Crippen LogP contribution in [0.2, 0.25) is 0 Å². The van der Waals surface area contributed by atoms with Gasteiger partial charge in [-0.1, -0.05) is 12.1 Å². The highest BCUT2D eigenvalue weighted by atomic mass is 16.6. The number of nitrogen functional groups attached to an aromatic ring is 1. The van der Waals surface area contributed by atoms with E-state index < -0.39 is 16.6 Å². The van der Waals surface area contributed by atoms with Gasteiger partial charge in [-0.3, -0.25) is 10.1 Å². The number of hydrogen-bond acceptors (Lipinski definition) is 7. The van der Waals surface area contributed by atoms with Gasteiger partial charge in [0.1, 0.15) is 23.5 Å². The Morgan fingerprint density at radius 1 is 1.19 bits per heavy atom. The number of aromatic carboxylic acids is 1. The molecule has 32 heavy (non-hydrogen) atoms. The molecule has 4 rings (SSSR count). The smallest absolute Gasteiger partial charge is 0.335 e. The number of nitro benzene ring substituents is 1. The molecule has 0 fully saturated rings. The van der Waals surface area contributed by atoms with E-state index in [9.17, 15) is 14.9 Å². The lowest BCUT2D eigenvalue weighted by Crippen LogP contribution is -2.00. The van der Waals surface area contributed by atoms with Crippen molar-refractivity contribution in [1.29, 1.82) is 0 Å². The topological polar surface area (TPSA) is 146 Å². The van der Waals surface area contributed by atoms with Crippen molar-refractivity contribution in [2.75, 3.05) is 5.73 Å². The zero-order chi connectivity index (χ0) is 23.0. The van der Waals surface area contributed by atoms with Crippen molar-refractivity contribution in [2.24, 2.45) is 0 Å². The molecule has 0 atom stereocenters. The monoisotopic (exact) mass is 433 g/mol. The van der Waals surface area contributed by atoms with Crippen LogP contribution in [0, 0.1) is 10.1 Å². The van der Waals surface area contributed by atoms with Crippen molar-refractivity contribution in [1.82, 2.24) is 14.5 Å². The van der Waals surface area contributed by atoms with Gasteiger partial charge in [0.05, 0.1) is 15.9 Å². The zero-order valence-corrected chi connectivity index (χ0v) is 17.2. The maximum Gasteiger partial charge on any atom is 0.335 e. The van der Waals surface area contributed by atoms with Crippen LogP contribution in [0.3, 0.4) is 0 Å². The van der Waals surface area contributed by atoms with Gasteiger partial charge in [-0.25, -0.2) is 14.8 Å². The van der Waals surface area contributed by atoms with Gasteiger partial charge >= 0.3 is 11.7 Å². The summed E-state index contributed by atoms with van der Waals surface area (Å²) in [6.45, 7) is 4.09. The average Bonchev–Trinajstić information content (AvgIpc) is 3.15.